The zero-order valence-corrected chi connectivity index (χ0v) is 13.8. The second kappa shape index (κ2) is 5.79. The molecule has 0 saturated heterocycles. The van der Waals surface area contributed by atoms with E-state index in [4.69, 9.17) is 23.2 Å². The molecule has 3 rings (SSSR count). The van der Waals surface area contributed by atoms with Crippen molar-refractivity contribution in [3.63, 3.8) is 0 Å². The van der Waals surface area contributed by atoms with Crippen molar-refractivity contribution < 1.29 is 0 Å². The Morgan fingerprint density at radius 1 is 1.05 bits per heavy atom. The molecule has 1 heterocycles. The summed E-state index contributed by atoms with van der Waals surface area (Å²) in [6.45, 7) is 0. The first kappa shape index (κ1) is 14.6. The summed E-state index contributed by atoms with van der Waals surface area (Å²) in [6, 6.07) is 12.3. The molecule has 21 heavy (non-hydrogen) atoms. The molecular formula is C15H9BrCl2N2O. The number of alkyl halides is 1. The number of halogens is 3. The second-order valence-corrected chi connectivity index (χ2v) is 5.76. The Kier molecular flexibility index (Phi) is 4.02. The molecule has 0 amide bonds. The highest BCUT2D eigenvalue weighted by molar-refractivity contribution is 9.08. The molecule has 0 saturated carbocycles. The molecule has 0 aliphatic carbocycles. The van der Waals surface area contributed by atoms with E-state index in [1.54, 1.807) is 36.4 Å². The maximum Gasteiger partial charge on any atom is 0.266 e. The van der Waals surface area contributed by atoms with Crippen molar-refractivity contribution in [3.8, 4) is 5.69 Å². The molecule has 0 N–H and O–H groups in total. The Labute approximate surface area is 139 Å². The largest absolute Gasteiger partial charge is 0.268 e. The van der Waals surface area contributed by atoms with Crippen LogP contribution in [0, 0.1) is 0 Å². The van der Waals surface area contributed by atoms with Gasteiger partial charge in [-0.25, -0.2) is 4.98 Å². The number of fused-ring (bicyclic) bond motifs is 1. The maximum absolute atomic E-state index is 12.8. The number of para-hydroxylation sites is 2. The third-order valence-corrected chi connectivity index (χ3v) is 4.24. The molecule has 0 fully saturated rings. The first-order chi connectivity index (χ1) is 10.1. The molecular weight excluding hydrogens is 375 g/mol. The average Bonchev–Trinajstić information content (AvgIpc) is 2.49. The maximum atomic E-state index is 12.8. The molecule has 0 radical (unpaired) electrons. The topological polar surface area (TPSA) is 34.9 Å². The highest BCUT2D eigenvalue weighted by Crippen LogP contribution is 2.29. The zero-order chi connectivity index (χ0) is 15.0. The molecule has 3 aromatic rings. The molecule has 106 valence electrons. The van der Waals surface area contributed by atoms with Gasteiger partial charge in [-0.15, -0.1) is 0 Å². The van der Waals surface area contributed by atoms with Crippen LogP contribution in [0.25, 0.3) is 16.6 Å². The number of aromatic nitrogens is 2. The van der Waals surface area contributed by atoms with Crippen LogP contribution in [0.1, 0.15) is 5.82 Å². The van der Waals surface area contributed by atoms with E-state index < -0.39 is 0 Å². The van der Waals surface area contributed by atoms with Gasteiger partial charge in [-0.3, -0.25) is 9.36 Å². The molecule has 0 aliphatic rings. The molecule has 0 unspecified atom stereocenters. The van der Waals surface area contributed by atoms with E-state index in [-0.39, 0.29) is 5.56 Å². The van der Waals surface area contributed by atoms with Crippen LogP contribution >= 0.6 is 39.1 Å². The minimum absolute atomic E-state index is 0.190. The number of hydrogen-bond donors (Lipinski definition) is 0. The predicted octanol–water partition coefficient (Wildman–Crippen LogP) is 4.59. The van der Waals surface area contributed by atoms with Crippen LogP contribution in [-0.4, -0.2) is 9.55 Å². The lowest BCUT2D eigenvalue weighted by molar-refractivity contribution is 0.888. The summed E-state index contributed by atoms with van der Waals surface area (Å²) in [5.41, 5.74) is 0.917. The van der Waals surface area contributed by atoms with Gasteiger partial charge in [0.1, 0.15) is 5.82 Å². The fraction of sp³-hybridized carbons (Fsp3) is 0.0667. The fourth-order valence-electron chi connectivity index (χ4n) is 2.20. The second-order valence-electron chi connectivity index (χ2n) is 4.39. The van der Waals surface area contributed by atoms with Crippen LogP contribution in [0.4, 0.5) is 0 Å². The zero-order valence-electron chi connectivity index (χ0n) is 10.7. The molecule has 2 aromatic carbocycles. The van der Waals surface area contributed by atoms with E-state index in [1.807, 2.05) is 6.07 Å². The van der Waals surface area contributed by atoms with Gasteiger partial charge in [0.05, 0.1) is 32.0 Å². The van der Waals surface area contributed by atoms with E-state index in [1.165, 1.54) is 4.57 Å². The van der Waals surface area contributed by atoms with E-state index in [9.17, 15) is 4.79 Å². The third-order valence-electron chi connectivity index (χ3n) is 3.13. The summed E-state index contributed by atoms with van der Waals surface area (Å²) in [6.07, 6.45) is 0. The lowest BCUT2D eigenvalue weighted by Crippen LogP contribution is -2.23. The lowest BCUT2D eigenvalue weighted by Gasteiger charge is -2.14. The first-order valence-electron chi connectivity index (χ1n) is 6.14. The summed E-state index contributed by atoms with van der Waals surface area (Å²) in [7, 11) is 0. The molecule has 0 bridgehead atoms. The van der Waals surface area contributed by atoms with Crippen molar-refractivity contribution in [3.05, 3.63) is 68.7 Å². The van der Waals surface area contributed by atoms with Gasteiger partial charge in [-0.2, -0.15) is 0 Å². The Bertz CT molecular complexity index is 872. The fourth-order valence-corrected chi connectivity index (χ4v) is 3.14. The highest BCUT2D eigenvalue weighted by atomic mass is 79.9. The lowest BCUT2D eigenvalue weighted by atomic mass is 10.2. The summed E-state index contributed by atoms with van der Waals surface area (Å²) in [5.74, 6) is 0.550. The monoisotopic (exact) mass is 382 g/mol. The summed E-state index contributed by atoms with van der Waals surface area (Å²) in [5, 5.41) is 1.75. The van der Waals surface area contributed by atoms with Crippen LogP contribution < -0.4 is 5.56 Å². The van der Waals surface area contributed by atoms with Crippen molar-refractivity contribution in [1.82, 2.24) is 9.55 Å². The van der Waals surface area contributed by atoms with Crippen molar-refractivity contribution in [1.29, 1.82) is 0 Å². The standard InChI is InChI=1S/C15H9BrCl2N2O/c16-8-13-19-12-7-2-1-4-9(12)15(21)20(13)14-10(17)5-3-6-11(14)18/h1-7H,8H2. The molecule has 0 spiro atoms. The highest BCUT2D eigenvalue weighted by Gasteiger charge is 2.16. The number of nitrogens with zero attached hydrogens (tertiary/aromatic N) is 2. The van der Waals surface area contributed by atoms with Crippen molar-refractivity contribution in [2.75, 3.05) is 0 Å². The minimum Gasteiger partial charge on any atom is -0.268 e. The number of hydrogen-bond acceptors (Lipinski definition) is 2. The summed E-state index contributed by atoms with van der Waals surface area (Å²) < 4.78 is 1.46. The smallest absolute Gasteiger partial charge is 0.266 e. The number of rotatable bonds is 2. The van der Waals surface area contributed by atoms with Crippen LogP contribution in [0.15, 0.2) is 47.3 Å². The van der Waals surface area contributed by atoms with E-state index >= 15 is 0 Å². The van der Waals surface area contributed by atoms with Gasteiger partial charge in [0.2, 0.25) is 0 Å². The summed E-state index contributed by atoms with van der Waals surface area (Å²) >= 11 is 15.8. The third kappa shape index (κ3) is 2.48. The Balaban J connectivity index is 2.47. The van der Waals surface area contributed by atoms with Crippen molar-refractivity contribution in [2.24, 2.45) is 0 Å². The SMILES string of the molecule is O=c1c2ccccc2nc(CBr)n1-c1c(Cl)cccc1Cl. The summed E-state index contributed by atoms with van der Waals surface area (Å²) in [4.78, 5) is 17.3. The Hall–Kier alpha value is -1.36. The van der Waals surface area contributed by atoms with Gasteiger partial charge in [0.15, 0.2) is 0 Å². The molecule has 0 aliphatic heterocycles. The molecule has 6 heteroatoms. The van der Waals surface area contributed by atoms with Gasteiger partial charge >= 0.3 is 0 Å². The van der Waals surface area contributed by atoms with E-state index in [0.29, 0.717) is 37.8 Å². The van der Waals surface area contributed by atoms with Crippen molar-refractivity contribution >= 4 is 50.0 Å². The van der Waals surface area contributed by atoms with Gasteiger partial charge in [-0.05, 0) is 24.3 Å². The van der Waals surface area contributed by atoms with E-state index in [2.05, 4.69) is 20.9 Å². The first-order valence-corrected chi connectivity index (χ1v) is 8.02. The van der Waals surface area contributed by atoms with Gasteiger partial charge in [0, 0.05) is 0 Å². The minimum atomic E-state index is -0.190. The van der Waals surface area contributed by atoms with Crippen LogP contribution in [-0.2, 0) is 5.33 Å². The molecule has 1 aromatic heterocycles. The van der Waals surface area contributed by atoms with Crippen molar-refractivity contribution in [2.45, 2.75) is 5.33 Å². The normalized spacial score (nSPS) is 11.0. The van der Waals surface area contributed by atoms with E-state index in [0.717, 1.165) is 0 Å². The Morgan fingerprint density at radius 2 is 1.71 bits per heavy atom. The van der Waals surface area contributed by atoms with Gasteiger partial charge in [-0.1, -0.05) is 57.3 Å². The van der Waals surface area contributed by atoms with Crippen LogP contribution in [0.5, 0.6) is 0 Å². The van der Waals surface area contributed by atoms with Crippen LogP contribution in [0.3, 0.4) is 0 Å². The molecule has 3 nitrogen and oxygen atoms in total. The number of benzene rings is 2. The van der Waals surface area contributed by atoms with Gasteiger partial charge in [0.25, 0.3) is 5.56 Å². The molecule has 0 atom stereocenters. The average molecular weight is 384 g/mol. The Morgan fingerprint density at radius 3 is 2.38 bits per heavy atom. The van der Waals surface area contributed by atoms with Crippen LogP contribution in [0.2, 0.25) is 10.0 Å². The quantitative estimate of drug-likeness (QED) is 0.606. The predicted molar refractivity (Wildman–Crippen MR) is 90.0 cm³/mol. The van der Waals surface area contributed by atoms with Gasteiger partial charge < -0.3 is 0 Å².